The van der Waals surface area contributed by atoms with Crippen LogP contribution in [0.3, 0.4) is 0 Å². The highest BCUT2D eigenvalue weighted by Crippen LogP contribution is 2.22. The van der Waals surface area contributed by atoms with Crippen LogP contribution in [-0.4, -0.2) is 94.0 Å². The molecule has 1 fully saturated rings. The molecule has 0 unspecified atom stereocenters. The molecule has 250 valence electrons. The molecule has 5 amide bonds. The van der Waals surface area contributed by atoms with Crippen LogP contribution >= 0.6 is 0 Å². The van der Waals surface area contributed by atoms with Gasteiger partial charge >= 0.3 is 6.09 Å². The first-order chi connectivity index (χ1) is 21.7. The first kappa shape index (κ1) is 35.7. The Kier molecular flexibility index (Phi) is 12.4. The molecule has 1 aromatic heterocycles. The van der Waals surface area contributed by atoms with Crippen molar-refractivity contribution in [2.75, 3.05) is 13.1 Å². The van der Waals surface area contributed by atoms with Crippen LogP contribution in [0.4, 0.5) is 4.79 Å². The van der Waals surface area contributed by atoms with Gasteiger partial charge in [-0.25, -0.2) is 15.2 Å². The van der Waals surface area contributed by atoms with Gasteiger partial charge in [-0.2, -0.15) is 0 Å². The Morgan fingerprint density at radius 1 is 1.09 bits per heavy atom. The van der Waals surface area contributed by atoms with Crippen molar-refractivity contribution < 1.29 is 38.3 Å². The van der Waals surface area contributed by atoms with E-state index < -0.39 is 54.1 Å². The molecule has 0 spiro atoms. The second kappa shape index (κ2) is 16.0. The zero-order valence-electron chi connectivity index (χ0n) is 27.0. The molecule has 0 aliphatic carbocycles. The van der Waals surface area contributed by atoms with E-state index in [0.29, 0.717) is 31.1 Å². The predicted octanol–water partition coefficient (Wildman–Crippen LogP) is 1.77. The molecule has 1 aliphatic heterocycles. The number of nitrogens with zero attached hydrogens (tertiary/aromatic N) is 2. The minimum absolute atomic E-state index is 0.0809. The number of aromatic nitrogens is 1. The number of hydrazine groups is 1. The van der Waals surface area contributed by atoms with Gasteiger partial charge in [0.05, 0.1) is 6.04 Å². The van der Waals surface area contributed by atoms with Crippen molar-refractivity contribution in [3.05, 3.63) is 36.0 Å². The van der Waals surface area contributed by atoms with Crippen LogP contribution in [0.1, 0.15) is 65.9 Å². The normalized spacial score (nSPS) is 15.2. The van der Waals surface area contributed by atoms with E-state index in [1.54, 1.807) is 27.0 Å². The van der Waals surface area contributed by atoms with Gasteiger partial charge in [0.15, 0.2) is 0 Å². The summed E-state index contributed by atoms with van der Waals surface area (Å²) in [6.45, 7) is 8.56. The molecule has 1 aromatic carbocycles. The van der Waals surface area contributed by atoms with E-state index in [9.17, 15) is 33.6 Å². The van der Waals surface area contributed by atoms with E-state index in [1.807, 2.05) is 38.1 Å². The summed E-state index contributed by atoms with van der Waals surface area (Å²) in [6, 6.07) is 3.72. The summed E-state index contributed by atoms with van der Waals surface area (Å²) in [7, 11) is 0. The van der Waals surface area contributed by atoms with Gasteiger partial charge in [-0.05, 0) is 51.2 Å². The molecule has 2 heterocycles. The van der Waals surface area contributed by atoms with Gasteiger partial charge in [0.25, 0.3) is 5.91 Å². The lowest BCUT2D eigenvalue weighted by Gasteiger charge is -2.34. The number of nitrogens with one attached hydrogen (secondary N) is 4. The molecule has 4 N–H and O–H groups in total. The molecule has 1 saturated heterocycles. The summed E-state index contributed by atoms with van der Waals surface area (Å²) in [4.78, 5) is 93.7. The number of aldehydes is 2. The van der Waals surface area contributed by atoms with Gasteiger partial charge in [0.1, 0.15) is 36.8 Å². The van der Waals surface area contributed by atoms with E-state index in [2.05, 4.69) is 21.0 Å². The lowest BCUT2D eigenvalue weighted by molar-refractivity contribution is -0.147. The Morgan fingerprint density at radius 3 is 2.41 bits per heavy atom. The van der Waals surface area contributed by atoms with Crippen LogP contribution in [0.25, 0.3) is 10.9 Å². The van der Waals surface area contributed by atoms with Crippen molar-refractivity contribution in [3.63, 3.8) is 0 Å². The number of fused-ring (bicyclic) bond motifs is 1. The number of amides is 5. The maximum Gasteiger partial charge on any atom is 0.426 e. The first-order valence-electron chi connectivity index (χ1n) is 15.4. The lowest BCUT2D eigenvalue weighted by Crippen LogP contribution is -2.62. The van der Waals surface area contributed by atoms with Gasteiger partial charge in [0, 0.05) is 42.9 Å². The molecule has 0 bridgehead atoms. The maximum absolute atomic E-state index is 14.2. The molecule has 46 heavy (non-hydrogen) atoms. The summed E-state index contributed by atoms with van der Waals surface area (Å²) >= 11 is 0. The van der Waals surface area contributed by atoms with Gasteiger partial charge in [-0.15, -0.1) is 0 Å². The Hall–Kier alpha value is -4.75. The van der Waals surface area contributed by atoms with Crippen molar-refractivity contribution in [1.29, 1.82) is 0 Å². The van der Waals surface area contributed by atoms with E-state index >= 15 is 0 Å². The quantitative estimate of drug-likeness (QED) is 0.178. The van der Waals surface area contributed by atoms with Crippen molar-refractivity contribution >= 4 is 53.2 Å². The molecule has 2 aromatic rings. The van der Waals surface area contributed by atoms with E-state index in [0.717, 1.165) is 15.9 Å². The maximum atomic E-state index is 14.2. The topological polar surface area (TPSA) is 187 Å². The number of rotatable bonds is 14. The van der Waals surface area contributed by atoms with Crippen molar-refractivity contribution in [2.45, 2.75) is 90.4 Å². The Bertz CT molecular complexity index is 1430. The van der Waals surface area contributed by atoms with Crippen LogP contribution in [0, 0.1) is 5.92 Å². The average molecular weight is 641 g/mol. The third-order valence-electron chi connectivity index (χ3n) is 7.26. The largest absolute Gasteiger partial charge is 0.443 e. The van der Waals surface area contributed by atoms with Gasteiger partial charge < -0.3 is 34.8 Å². The number of ether oxygens (including phenoxy) is 1. The number of benzene rings is 1. The molecular formula is C32H44N6O8. The van der Waals surface area contributed by atoms with E-state index in [4.69, 9.17) is 4.74 Å². The Balaban J connectivity index is 2.03. The smallest absolute Gasteiger partial charge is 0.426 e. The molecule has 3 rings (SSSR count). The number of carbonyl (C=O) groups is 7. The second-order valence-corrected chi connectivity index (χ2v) is 12.7. The first-order valence-corrected chi connectivity index (χ1v) is 15.4. The molecule has 0 radical (unpaired) electrons. The van der Waals surface area contributed by atoms with E-state index in [-0.39, 0.29) is 37.5 Å². The van der Waals surface area contributed by atoms with Gasteiger partial charge in [-0.3, -0.25) is 19.2 Å². The molecular weight excluding hydrogens is 596 g/mol. The Labute approximate surface area is 267 Å². The third-order valence-corrected chi connectivity index (χ3v) is 7.26. The highest BCUT2D eigenvalue weighted by atomic mass is 16.6. The molecule has 1 aliphatic rings. The third kappa shape index (κ3) is 10.1. The number of aromatic amines is 1. The minimum Gasteiger partial charge on any atom is -0.443 e. The summed E-state index contributed by atoms with van der Waals surface area (Å²) in [5, 5.41) is 6.82. The van der Waals surface area contributed by atoms with Crippen LogP contribution < -0.4 is 16.1 Å². The molecule has 3 atom stereocenters. The highest BCUT2D eigenvalue weighted by Gasteiger charge is 2.37. The zero-order valence-corrected chi connectivity index (χ0v) is 27.0. The fourth-order valence-electron chi connectivity index (χ4n) is 5.14. The molecule has 0 saturated carbocycles. The lowest BCUT2D eigenvalue weighted by atomic mass is 10.00. The van der Waals surface area contributed by atoms with Crippen LogP contribution in [0.2, 0.25) is 0 Å². The van der Waals surface area contributed by atoms with E-state index in [1.165, 1.54) is 4.90 Å². The number of hydrogen-bond acceptors (Lipinski definition) is 8. The highest BCUT2D eigenvalue weighted by molar-refractivity contribution is 5.95. The average Bonchev–Trinajstić information content (AvgIpc) is 3.58. The predicted molar refractivity (Wildman–Crippen MR) is 168 cm³/mol. The summed E-state index contributed by atoms with van der Waals surface area (Å²) in [6.07, 6.45) is 2.32. The summed E-state index contributed by atoms with van der Waals surface area (Å²) in [5.41, 5.74) is 2.93. The molecule has 14 heteroatoms. The van der Waals surface area contributed by atoms with Crippen LogP contribution in [-0.2, 0) is 39.9 Å². The zero-order chi connectivity index (χ0) is 34.0. The number of likely N-dealkylation sites (tertiary alicyclic amines) is 1. The number of H-pyrrole nitrogens is 1. The molecule has 14 nitrogen and oxygen atoms in total. The monoisotopic (exact) mass is 640 g/mol. The van der Waals surface area contributed by atoms with Gasteiger partial charge in [0.2, 0.25) is 17.7 Å². The minimum atomic E-state index is -1.41. The number of hydrogen-bond donors (Lipinski definition) is 4. The fourth-order valence-corrected chi connectivity index (χ4v) is 5.14. The SMILES string of the molecule is CC(C)C[C@H](NC(=O)[C@H](Cc1c[nH]c2ccccc12)N(NC(=O)OC(C)(C)C)C(=O)CN1CCCC1=O)C(=O)N[C@H](C=O)CC=O. The standard InChI is InChI=1S/C32H44N6O8/c1-20(2)15-25(29(43)34-22(19-40)12-14-39)35-30(44)26(16-21-17-33-24-10-7-6-9-23(21)24)38(36-31(45)46-32(3,4)5)28(42)18-37-13-8-11-27(37)41/h6-7,9-10,14,17,19-20,22,25-26,33H,8,11-13,15-16,18H2,1-5H3,(H,34,43)(H,35,44)(H,36,45)/t22-,25-,26-/m0/s1. The fraction of sp³-hybridized carbons (Fsp3) is 0.531. The van der Waals surface area contributed by atoms with Crippen molar-refractivity contribution in [1.82, 2.24) is 31.0 Å². The number of carbonyl (C=O) groups excluding carboxylic acids is 7. The van der Waals surface area contributed by atoms with Crippen LogP contribution in [0.15, 0.2) is 30.5 Å². The van der Waals surface area contributed by atoms with Crippen molar-refractivity contribution in [2.24, 2.45) is 5.92 Å². The van der Waals surface area contributed by atoms with Gasteiger partial charge in [-0.1, -0.05) is 32.0 Å². The summed E-state index contributed by atoms with van der Waals surface area (Å²) in [5.74, 6) is -2.51. The second-order valence-electron chi connectivity index (χ2n) is 12.7. The Morgan fingerprint density at radius 2 is 1.80 bits per heavy atom. The van der Waals surface area contributed by atoms with Crippen molar-refractivity contribution in [3.8, 4) is 0 Å². The van der Waals surface area contributed by atoms with Crippen LogP contribution in [0.5, 0.6) is 0 Å². The number of para-hydroxylation sites is 1. The summed E-state index contributed by atoms with van der Waals surface area (Å²) < 4.78 is 5.41.